The van der Waals surface area contributed by atoms with E-state index in [9.17, 15) is 14.9 Å². The van der Waals surface area contributed by atoms with E-state index in [0.29, 0.717) is 24.3 Å². The normalized spacial score (nSPS) is 17.4. The minimum Gasteiger partial charge on any atom is -0.347 e. The molecule has 1 aliphatic rings. The number of hydrogen-bond acceptors (Lipinski definition) is 6. The zero-order valence-corrected chi connectivity index (χ0v) is 12.8. The van der Waals surface area contributed by atoms with Gasteiger partial charge in [0.15, 0.2) is 5.78 Å². The van der Waals surface area contributed by atoms with Gasteiger partial charge in [0.2, 0.25) is 5.82 Å². The monoisotopic (exact) mass is 315 g/mol. The average molecular weight is 315 g/mol. The van der Waals surface area contributed by atoms with Crippen LogP contribution in [-0.4, -0.2) is 38.1 Å². The molecule has 8 nitrogen and oxygen atoms in total. The summed E-state index contributed by atoms with van der Waals surface area (Å²) < 4.78 is 1.59. The standard InChI is InChI=1S/C15H17N5O3/c1-18-10-11(9-17-18)14(21)8-12-4-3-7-19(12)15-13(20(22)23)5-2-6-16-15/h2,5-6,9-10,12H,3-4,7-8H2,1H3. The van der Waals surface area contributed by atoms with Crippen molar-refractivity contribution in [3.05, 3.63) is 46.4 Å². The molecule has 8 heteroatoms. The summed E-state index contributed by atoms with van der Waals surface area (Å²) in [6, 6.07) is 2.92. The third kappa shape index (κ3) is 3.05. The molecule has 0 spiro atoms. The van der Waals surface area contributed by atoms with Crippen LogP contribution in [0.2, 0.25) is 0 Å². The summed E-state index contributed by atoms with van der Waals surface area (Å²) in [6.45, 7) is 0.669. The lowest BCUT2D eigenvalue weighted by molar-refractivity contribution is -0.384. The van der Waals surface area contributed by atoms with Crippen LogP contribution in [0.15, 0.2) is 30.7 Å². The van der Waals surface area contributed by atoms with Gasteiger partial charge in [-0.1, -0.05) is 0 Å². The van der Waals surface area contributed by atoms with Gasteiger partial charge in [0.25, 0.3) is 0 Å². The number of pyridine rings is 1. The van der Waals surface area contributed by atoms with Gasteiger partial charge in [-0.15, -0.1) is 0 Å². The van der Waals surface area contributed by atoms with Gasteiger partial charge >= 0.3 is 5.69 Å². The number of hydrogen-bond donors (Lipinski definition) is 0. The van der Waals surface area contributed by atoms with Crippen molar-refractivity contribution in [2.24, 2.45) is 7.05 Å². The molecule has 0 aromatic carbocycles. The molecule has 1 unspecified atom stereocenters. The fraction of sp³-hybridized carbons (Fsp3) is 0.400. The van der Waals surface area contributed by atoms with Gasteiger partial charge in [0.05, 0.1) is 16.7 Å². The molecule has 2 aromatic heterocycles. The van der Waals surface area contributed by atoms with E-state index in [1.165, 1.54) is 6.07 Å². The van der Waals surface area contributed by atoms with Crippen molar-refractivity contribution < 1.29 is 9.72 Å². The molecule has 0 radical (unpaired) electrons. The Balaban J connectivity index is 1.81. The van der Waals surface area contributed by atoms with Crippen LogP contribution in [0.25, 0.3) is 0 Å². The van der Waals surface area contributed by atoms with E-state index in [-0.39, 0.29) is 17.5 Å². The lowest BCUT2D eigenvalue weighted by Crippen LogP contribution is -2.32. The van der Waals surface area contributed by atoms with E-state index in [4.69, 9.17) is 0 Å². The number of Topliss-reactive ketones (excluding diaryl/α,β-unsaturated/α-hetero) is 1. The fourth-order valence-corrected chi connectivity index (χ4v) is 2.98. The predicted molar refractivity (Wildman–Crippen MR) is 83.4 cm³/mol. The minimum atomic E-state index is -0.430. The summed E-state index contributed by atoms with van der Waals surface area (Å²) in [5.74, 6) is 0.340. The number of nitrogens with zero attached hydrogens (tertiary/aromatic N) is 5. The summed E-state index contributed by atoms with van der Waals surface area (Å²) in [5, 5.41) is 15.2. The van der Waals surface area contributed by atoms with Gasteiger partial charge in [-0.3, -0.25) is 19.6 Å². The molecular weight excluding hydrogens is 298 g/mol. The molecule has 0 bridgehead atoms. The summed E-state index contributed by atoms with van der Waals surface area (Å²) in [6.07, 6.45) is 6.79. The molecule has 0 saturated carbocycles. The first kappa shape index (κ1) is 15.1. The van der Waals surface area contributed by atoms with Crippen molar-refractivity contribution in [2.45, 2.75) is 25.3 Å². The molecule has 2 aromatic rings. The number of ketones is 1. The van der Waals surface area contributed by atoms with Gasteiger partial charge in [-0.2, -0.15) is 5.10 Å². The van der Waals surface area contributed by atoms with Gasteiger partial charge in [-0.05, 0) is 18.9 Å². The molecule has 3 heterocycles. The van der Waals surface area contributed by atoms with Gasteiger partial charge < -0.3 is 4.90 Å². The van der Waals surface area contributed by atoms with E-state index in [0.717, 1.165) is 12.8 Å². The van der Waals surface area contributed by atoms with Crippen molar-refractivity contribution in [1.29, 1.82) is 0 Å². The Labute approximate surface area is 132 Å². The SMILES string of the molecule is Cn1cc(C(=O)CC2CCCN2c2ncccc2[N+](=O)[O-])cn1. The average Bonchev–Trinajstić information content (AvgIpc) is 3.16. The maximum absolute atomic E-state index is 12.4. The second kappa shape index (κ2) is 6.15. The van der Waals surface area contributed by atoms with Crippen molar-refractivity contribution in [3.8, 4) is 0 Å². The highest BCUT2D eigenvalue weighted by molar-refractivity contribution is 5.96. The lowest BCUT2D eigenvalue weighted by Gasteiger charge is -2.24. The number of aryl methyl sites for hydroxylation is 1. The number of carbonyl (C=O) groups is 1. The molecule has 1 saturated heterocycles. The smallest absolute Gasteiger partial charge is 0.311 e. The van der Waals surface area contributed by atoms with Crippen LogP contribution in [0.1, 0.15) is 29.6 Å². The molecule has 0 aliphatic carbocycles. The highest BCUT2D eigenvalue weighted by Gasteiger charge is 2.32. The van der Waals surface area contributed by atoms with E-state index in [1.54, 1.807) is 36.4 Å². The van der Waals surface area contributed by atoms with E-state index in [2.05, 4.69) is 10.1 Å². The Morgan fingerprint density at radius 3 is 3.04 bits per heavy atom. The van der Waals surface area contributed by atoms with Crippen LogP contribution in [0.4, 0.5) is 11.5 Å². The predicted octanol–water partition coefficient (Wildman–Crippen LogP) is 1.97. The Morgan fingerprint density at radius 1 is 1.52 bits per heavy atom. The van der Waals surface area contributed by atoms with Gasteiger partial charge in [-0.25, -0.2) is 4.98 Å². The number of rotatable bonds is 5. The Bertz CT molecular complexity index is 742. The summed E-state index contributed by atoms with van der Waals surface area (Å²) in [4.78, 5) is 29.2. The molecular formula is C15H17N5O3. The highest BCUT2D eigenvalue weighted by atomic mass is 16.6. The first-order valence-corrected chi connectivity index (χ1v) is 7.44. The number of aromatic nitrogens is 3. The van der Waals surface area contributed by atoms with E-state index >= 15 is 0 Å². The van der Waals surface area contributed by atoms with Crippen molar-refractivity contribution in [1.82, 2.24) is 14.8 Å². The maximum atomic E-state index is 12.4. The number of nitro groups is 1. The second-order valence-corrected chi connectivity index (χ2v) is 5.62. The largest absolute Gasteiger partial charge is 0.347 e. The van der Waals surface area contributed by atoms with Crippen LogP contribution >= 0.6 is 0 Å². The first-order chi connectivity index (χ1) is 11.1. The van der Waals surface area contributed by atoms with Crippen LogP contribution in [0.5, 0.6) is 0 Å². The van der Waals surface area contributed by atoms with Gasteiger partial charge in [0.1, 0.15) is 0 Å². The molecule has 1 fully saturated rings. The van der Waals surface area contributed by atoms with Crippen LogP contribution in [0, 0.1) is 10.1 Å². The number of carbonyl (C=O) groups excluding carboxylic acids is 1. The van der Waals surface area contributed by atoms with E-state index < -0.39 is 4.92 Å². The third-order valence-corrected chi connectivity index (χ3v) is 4.06. The minimum absolute atomic E-state index is 0.00594. The zero-order valence-electron chi connectivity index (χ0n) is 12.8. The van der Waals surface area contributed by atoms with E-state index in [1.807, 2.05) is 4.90 Å². The lowest BCUT2D eigenvalue weighted by atomic mass is 10.0. The quantitative estimate of drug-likeness (QED) is 0.475. The summed E-state index contributed by atoms with van der Waals surface area (Å²) in [5.41, 5.74) is 0.545. The maximum Gasteiger partial charge on any atom is 0.311 e. The Kier molecular flexibility index (Phi) is 4.05. The third-order valence-electron chi connectivity index (χ3n) is 4.06. The molecule has 0 amide bonds. The molecule has 1 aliphatic heterocycles. The molecule has 23 heavy (non-hydrogen) atoms. The number of anilines is 1. The highest BCUT2D eigenvalue weighted by Crippen LogP contribution is 2.32. The zero-order chi connectivity index (χ0) is 16.4. The fourth-order valence-electron chi connectivity index (χ4n) is 2.98. The first-order valence-electron chi connectivity index (χ1n) is 7.44. The van der Waals surface area contributed by atoms with Crippen molar-refractivity contribution >= 4 is 17.3 Å². The Hall–Kier alpha value is -2.77. The van der Waals surface area contributed by atoms with Crippen LogP contribution < -0.4 is 4.90 Å². The molecule has 0 N–H and O–H groups in total. The van der Waals surface area contributed by atoms with Crippen LogP contribution in [-0.2, 0) is 7.05 Å². The van der Waals surface area contributed by atoms with Crippen molar-refractivity contribution in [3.63, 3.8) is 0 Å². The Morgan fingerprint density at radius 2 is 2.35 bits per heavy atom. The summed E-state index contributed by atoms with van der Waals surface area (Å²) in [7, 11) is 1.76. The molecule has 3 rings (SSSR count). The second-order valence-electron chi connectivity index (χ2n) is 5.62. The summed E-state index contributed by atoms with van der Waals surface area (Å²) >= 11 is 0. The molecule has 120 valence electrons. The van der Waals surface area contributed by atoms with Gasteiger partial charge in [0, 0.05) is 44.5 Å². The van der Waals surface area contributed by atoms with Crippen molar-refractivity contribution in [2.75, 3.05) is 11.4 Å². The molecule has 1 atom stereocenters. The topological polar surface area (TPSA) is 94.2 Å². The van der Waals surface area contributed by atoms with Crippen LogP contribution in [0.3, 0.4) is 0 Å².